The molecule has 0 aromatic heterocycles. The van der Waals surface area contributed by atoms with Gasteiger partial charge in [0.2, 0.25) is 15.9 Å². The van der Waals surface area contributed by atoms with Gasteiger partial charge in [-0.3, -0.25) is 9.10 Å². The second-order valence-corrected chi connectivity index (χ2v) is 10.6. The van der Waals surface area contributed by atoms with Gasteiger partial charge < -0.3 is 10.1 Å². The van der Waals surface area contributed by atoms with Crippen LogP contribution >= 0.6 is 0 Å². The summed E-state index contributed by atoms with van der Waals surface area (Å²) in [6.45, 7) is 5.54. The molecule has 1 aliphatic carbocycles. The molecule has 1 atom stereocenters. The van der Waals surface area contributed by atoms with Gasteiger partial charge in [-0.1, -0.05) is 31.2 Å². The molecule has 0 fully saturated rings. The Morgan fingerprint density at radius 2 is 1.81 bits per heavy atom. The fourth-order valence-corrected chi connectivity index (χ4v) is 4.99. The van der Waals surface area contributed by atoms with Crippen molar-refractivity contribution in [2.45, 2.75) is 65.0 Å². The summed E-state index contributed by atoms with van der Waals surface area (Å²) in [6.07, 6.45) is 6.40. The van der Waals surface area contributed by atoms with Crippen LogP contribution in [0.15, 0.2) is 42.5 Å². The van der Waals surface area contributed by atoms with Gasteiger partial charge in [0.15, 0.2) is 0 Å². The van der Waals surface area contributed by atoms with Gasteiger partial charge in [0, 0.05) is 6.07 Å². The monoisotopic (exact) mass is 458 g/mol. The number of rotatable bonds is 9. The summed E-state index contributed by atoms with van der Waals surface area (Å²) >= 11 is 0. The molecule has 0 unspecified atom stereocenters. The van der Waals surface area contributed by atoms with E-state index in [0.717, 1.165) is 35.4 Å². The van der Waals surface area contributed by atoms with Crippen LogP contribution in [0.2, 0.25) is 0 Å². The molecule has 1 N–H and O–H groups in total. The average Bonchev–Trinajstić information content (AvgIpc) is 2.74. The first-order valence-electron chi connectivity index (χ1n) is 11.3. The van der Waals surface area contributed by atoms with Crippen LogP contribution in [0.4, 0.5) is 5.69 Å². The molecule has 0 radical (unpaired) electrons. The molecule has 2 aromatic carbocycles. The Balaban J connectivity index is 1.76. The molecular formula is C25H34N2O4S. The second kappa shape index (κ2) is 10.4. The minimum Gasteiger partial charge on any atom is -0.491 e. The van der Waals surface area contributed by atoms with Gasteiger partial charge in [-0.15, -0.1) is 0 Å². The van der Waals surface area contributed by atoms with Gasteiger partial charge >= 0.3 is 0 Å². The van der Waals surface area contributed by atoms with Crippen molar-refractivity contribution in [2.75, 3.05) is 17.1 Å². The summed E-state index contributed by atoms with van der Waals surface area (Å²) in [4.78, 5) is 12.9. The third-order valence-electron chi connectivity index (χ3n) is 5.68. The quantitative estimate of drug-likeness (QED) is 0.605. The minimum absolute atomic E-state index is 0.0397. The zero-order chi connectivity index (χ0) is 23.3. The van der Waals surface area contributed by atoms with Crippen molar-refractivity contribution in [2.24, 2.45) is 0 Å². The Morgan fingerprint density at radius 3 is 2.47 bits per heavy atom. The summed E-state index contributed by atoms with van der Waals surface area (Å²) in [6, 6.07) is 13.1. The first kappa shape index (κ1) is 24.1. The lowest BCUT2D eigenvalue weighted by Crippen LogP contribution is -2.41. The van der Waals surface area contributed by atoms with Gasteiger partial charge in [0.05, 0.1) is 24.1 Å². The maximum Gasteiger partial charge on any atom is 0.241 e. The van der Waals surface area contributed by atoms with E-state index in [1.54, 1.807) is 24.3 Å². The summed E-state index contributed by atoms with van der Waals surface area (Å²) in [5, 5.41) is 3.03. The molecule has 0 aliphatic heterocycles. The summed E-state index contributed by atoms with van der Waals surface area (Å²) < 4.78 is 31.8. The Morgan fingerprint density at radius 1 is 1.09 bits per heavy atom. The van der Waals surface area contributed by atoms with E-state index in [1.165, 1.54) is 24.0 Å². The van der Waals surface area contributed by atoms with E-state index >= 15 is 0 Å². The lowest BCUT2D eigenvalue weighted by molar-refractivity contribution is -0.120. The van der Waals surface area contributed by atoms with Gasteiger partial charge in [-0.2, -0.15) is 0 Å². The lowest BCUT2D eigenvalue weighted by atomic mass is 9.89. The highest BCUT2D eigenvalue weighted by Gasteiger charge is 2.23. The van der Waals surface area contributed by atoms with Crippen molar-refractivity contribution >= 4 is 21.6 Å². The number of anilines is 1. The molecule has 2 aromatic rings. The fraction of sp³-hybridized carbons (Fsp3) is 0.480. The smallest absolute Gasteiger partial charge is 0.241 e. The standard InChI is InChI=1S/C25H34N2O4S/c1-5-24(21-14-13-19-9-6-7-10-20(19)15-21)26-25(28)17-27(32(4,29)30)22-11-8-12-23(16-22)31-18(2)3/h8,11-16,18,24H,5-7,9-10,17H2,1-4H3,(H,26,28)/t24-/m0/s1. The number of hydrogen-bond acceptors (Lipinski definition) is 4. The summed E-state index contributed by atoms with van der Waals surface area (Å²) in [7, 11) is -3.66. The Hall–Kier alpha value is -2.54. The largest absolute Gasteiger partial charge is 0.491 e. The van der Waals surface area contributed by atoms with Gasteiger partial charge in [-0.05, 0) is 74.8 Å². The third-order valence-corrected chi connectivity index (χ3v) is 6.82. The molecule has 0 bridgehead atoms. The number of nitrogens with zero attached hydrogens (tertiary/aromatic N) is 1. The van der Waals surface area contributed by atoms with Crippen molar-refractivity contribution in [3.05, 3.63) is 59.2 Å². The zero-order valence-corrected chi connectivity index (χ0v) is 20.2. The van der Waals surface area contributed by atoms with Crippen LogP contribution in [0.5, 0.6) is 5.75 Å². The number of ether oxygens (including phenoxy) is 1. The molecule has 1 aliphatic rings. The van der Waals surface area contributed by atoms with E-state index in [2.05, 4.69) is 23.5 Å². The number of carbonyl (C=O) groups is 1. The molecule has 3 rings (SSSR count). The normalized spacial score (nSPS) is 14.5. The van der Waals surface area contributed by atoms with Crippen molar-refractivity contribution in [3.63, 3.8) is 0 Å². The van der Waals surface area contributed by atoms with E-state index in [4.69, 9.17) is 4.74 Å². The average molecular weight is 459 g/mol. The Labute approximate surface area is 192 Å². The third kappa shape index (κ3) is 6.25. The van der Waals surface area contributed by atoms with E-state index in [-0.39, 0.29) is 24.6 Å². The molecule has 7 heteroatoms. The highest BCUT2D eigenvalue weighted by molar-refractivity contribution is 7.92. The molecule has 1 amide bonds. The number of benzene rings is 2. The highest BCUT2D eigenvalue weighted by atomic mass is 32.2. The van der Waals surface area contributed by atoms with Crippen molar-refractivity contribution < 1.29 is 17.9 Å². The number of hydrogen-bond donors (Lipinski definition) is 1. The predicted octanol–water partition coefficient (Wildman–Crippen LogP) is 4.39. The zero-order valence-electron chi connectivity index (χ0n) is 19.4. The summed E-state index contributed by atoms with van der Waals surface area (Å²) in [5.74, 6) is 0.224. The van der Waals surface area contributed by atoms with Crippen LogP contribution in [-0.4, -0.2) is 33.2 Å². The van der Waals surface area contributed by atoms with E-state index in [1.807, 2.05) is 20.8 Å². The van der Waals surface area contributed by atoms with Crippen LogP contribution in [0, 0.1) is 0 Å². The van der Waals surface area contributed by atoms with Crippen LogP contribution < -0.4 is 14.4 Å². The summed E-state index contributed by atoms with van der Waals surface area (Å²) in [5.41, 5.74) is 4.23. The van der Waals surface area contributed by atoms with Gasteiger partial charge in [-0.25, -0.2) is 8.42 Å². The molecule has 0 spiro atoms. The van der Waals surface area contributed by atoms with Crippen molar-refractivity contribution in [1.29, 1.82) is 0 Å². The number of sulfonamides is 1. The number of fused-ring (bicyclic) bond motifs is 1. The van der Waals surface area contributed by atoms with Crippen molar-refractivity contribution in [1.82, 2.24) is 5.32 Å². The molecule has 6 nitrogen and oxygen atoms in total. The van der Waals surface area contributed by atoms with E-state index in [9.17, 15) is 13.2 Å². The molecule has 0 saturated carbocycles. The molecule has 32 heavy (non-hydrogen) atoms. The van der Waals surface area contributed by atoms with Gasteiger partial charge in [0.25, 0.3) is 0 Å². The van der Waals surface area contributed by atoms with Crippen LogP contribution in [0.1, 0.15) is 62.8 Å². The molecule has 174 valence electrons. The van der Waals surface area contributed by atoms with E-state index < -0.39 is 10.0 Å². The van der Waals surface area contributed by atoms with Crippen LogP contribution in [0.25, 0.3) is 0 Å². The Bertz CT molecular complexity index is 1050. The number of aryl methyl sites for hydroxylation is 2. The Kier molecular flexibility index (Phi) is 7.82. The first-order valence-corrected chi connectivity index (χ1v) is 13.2. The van der Waals surface area contributed by atoms with Crippen molar-refractivity contribution in [3.8, 4) is 5.75 Å². The first-order chi connectivity index (χ1) is 15.2. The lowest BCUT2D eigenvalue weighted by Gasteiger charge is -2.25. The fourth-order valence-electron chi connectivity index (χ4n) is 4.15. The minimum atomic E-state index is -3.66. The maximum absolute atomic E-state index is 12.9. The number of nitrogens with one attached hydrogen (secondary N) is 1. The number of amides is 1. The number of carbonyl (C=O) groups excluding carboxylic acids is 1. The topological polar surface area (TPSA) is 75.7 Å². The maximum atomic E-state index is 12.9. The van der Waals surface area contributed by atoms with Crippen LogP contribution in [0.3, 0.4) is 0 Å². The van der Waals surface area contributed by atoms with Crippen LogP contribution in [-0.2, 0) is 27.7 Å². The molecule has 0 saturated heterocycles. The predicted molar refractivity (Wildman–Crippen MR) is 129 cm³/mol. The van der Waals surface area contributed by atoms with Gasteiger partial charge in [0.1, 0.15) is 12.3 Å². The van der Waals surface area contributed by atoms with E-state index in [0.29, 0.717) is 11.4 Å². The molecular weight excluding hydrogens is 424 g/mol. The molecule has 0 heterocycles. The second-order valence-electron chi connectivity index (χ2n) is 8.70. The highest BCUT2D eigenvalue weighted by Crippen LogP contribution is 2.27. The SMILES string of the molecule is CC[C@H](NC(=O)CN(c1cccc(OC(C)C)c1)S(C)(=O)=O)c1ccc2c(c1)CCCC2.